The molecule has 2 aliphatic rings. The van der Waals surface area contributed by atoms with Crippen LogP contribution < -0.4 is 5.32 Å². The topological polar surface area (TPSA) is 63.1 Å². The van der Waals surface area contributed by atoms with E-state index in [1.807, 2.05) is 0 Å². The zero-order chi connectivity index (χ0) is 18.9. The van der Waals surface area contributed by atoms with Crippen LogP contribution in [0.2, 0.25) is 0 Å². The Kier molecular flexibility index (Phi) is 5.00. The summed E-state index contributed by atoms with van der Waals surface area (Å²) in [4.78, 5) is 15.0. The van der Waals surface area contributed by atoms with E-state index in [9.17, 15) is 4.79 Å². The van der Waals surface area contributed by atoms with Crippen LogP contribution >= 0.6 is 0 Å². The van der Waals surface area contributed by atoms with Crippen molar-refractivity contribution in [1.82, 2.24) is 25.0 Å². The Morgan fingerprint density at radius 2 is 1.93 bits per heavy atom. The number of carbonyl (C=O) groups is 1. The minimum atomic E-state index is -0.0963. The van der Waals surface area contributed by atoms with Crippen LogP contribution in [0.15, 0.2) is 30.3 Å². The Morgan fingerprint density at radius 3 is 2.63 bits per heavy atom. The molecule has 0 bridgehead atoms. The highest BCUT2D eigenvalue weighted by atomic mass is 16.2. The summed E-state index contributed by atoms with van der Waals surface area (Å²) in [6.07, 6.45) is 3.24. The molecule has 0 radical (unpaired) electrons. The number of nitrogens with one attached hydrogen (secondary N) is 1. The van der Waals surface area contributed by atoms with Gasteiger partial charge in [-0.3, -0.25) is 9.69 Å². The van der Waals surface area contributed by atoms with Crippen LogP contribution in [0.1, 0.15) is 48.7 Å². The lowest BCUT2D eigenvalue weighted by atomic mass is 9.77. The average molecular weight is 367 g/mol. The Hall–Kier alpha value is -2.21. The number of aromatic nitrogens is 3. The van der Waals surface area contributed by atoms with E-state index in [1.54, 1.807) is 0 Å². The average Bonchev–Trinajstić information content (AvgIpc) is 3.20. The highest BCUT2D eigenvalue weighted by Gasteiger charge is 2.42. The molecular weight excluding hydrogens is 338 g/mol. The van der Waals surface area contributed by atoms with Crippen LogP contribution in [-0.2, 0) is 19.5 Å². The molecule has 6 nitrogen and oxygen atoms in total. The van der Waals surface area contributed by atoms with Gasteiger partial charge in [0.1, 0.15) is 5.82 Å². The van der Waals surface area contributed by atoms with Crippen molar-refractivity contribution >= 4 is 5.91 Å². The van der Waals surface area contributed by atoms with E-state index in [4.69, 9.17) is 0 Å². The maximum absolute atomic E-state index is 12.5. The van der Waals surface area contributed by atoms with Gasteiger partial charge in [-0.1, -0.05) is 44.2 Å². The maximum atomic E-state index is 12.5. The Labute approximate surface area is 161 Å². The molecule has 2 aromatic rings. The molecule has 1 aromatic carbocycles. The van der Waals surface area contributed by atoms with Crippen LogP contribution in [0.5, 0.6) is 0 Å². The molecule has 1 spiro atoms. The van der Waals surface area contributed by atoms with Gasteiger partial charge >= 0.3 is 0 Å². The lowest BCUT2D eigenvalue weighted by molar-refractivity contribution is 0.0898. The summed E-state index contributed by atoms with van der Waals surface area (Å²) < 4.78 is 2.06. The van der Waals surface area contributed by atoms with Crippen molar-refractivity contribution in [2.75, 3.05) is 19.6 Å². The van der Waals surface area contributed by atoms with Crippen LogP contribution in [0.4, 0.5) is 0 Å². The third-order valence-corrected chi connectivity index (χ3v) is 5.89. The van der Waals surface area contributed by atoms with Gasteiger partial charge in [0.25, 0.3) is 5.91 Å². The Morgan fingerprint density at radius 1 is 1.19 bits per heavy atom. The van der Waals surface area contributed by atoms with E-state index in [2.05, 4.69) is 69.2 Å². The fourth-order valence-corrected chi connectivity index (χ4v) is 4.26. The molecule has 6 heteroatoms. The van der Waals surface area contributed by atoms with E-state index in [-0.39, 0.29) is 11.3 Å². The van der Waals surface area contributed by atoms with Crippen molar-refractivity contribution in [2.24, 2.45) is 11.3 Å². The smallest absolute Gasteiger partial charge is 0.289 e. The largest absolute Gasteiger partial charge is 0.349 e. The van der Waals surface area contributed by atoms with Gasteiger partial charge in [0.05, 0.1) is 0 Å². The third kappa shape index (κ3) is 3.90. The lowest BCUT2D eigenvalue weighted by Crippen LogP contribution is -2.41. The molecule has 0 aliphatic carbocycles. The number of likely N-dealkylation sites (tertiary alicyclic amines) is 1. The molecular formula is C21H29N5O. The van der Waals surface area contributed by atoms with Gasteiger partial charge < -0.3 is 9.88 Å². The molecule has 27 heavy (non-hydrogen) atoms. The predicted molar refractivity (Wildman–Crippen MR) is 104 cm³/mol. The number of fused-ring (bicyclic) bond motifs is 1. The monoisotopic (exact) mass is 367 g/mol. The first-order valence-electron chi connectivity index (χ1n) is 10.0. The summed E-state index contributed by atoms with van der Waals surface area (Å²) in [6.45, 7) is 8.94. The fourth-order valence-electron chi connectivity index (χ4n) is 4.26. The number of carbonyl (C=O) groups excluding carboxylic acids is 1. The highest BCUT2D eigenvalue weighted by Crippen LogP contribution is 2.41. The SMILES string of the molecule is CC(C)CNC(=O)c1nnc2n1CC1(CCN(Cc3ccccc3)CC1)C2. The highest BCUT2D eigenvalue weighted by molar-refractivity contribution is 5.90. The molecule has 0 atom stereocenters. The Balaban J connectivity index is 1.37. The molecule has 3 heterocycles. The van der Waals surface area contributed by atoms with Gasteiger partial charge in [0.2, 0.25) is 5.82 Å². The molecule has 0 unspecified atom stereocenters. The zero-order valence-corrected chi connectivity index (χ0v) is 16.3. The Bertz CT molecular complexity index is 790. The van der Waals surface area contributed by atoms with Crippen LogP contribution in [0, 0.1) is 11.3 Å². The van der Waals surface area contributed by atoms with E-state index in [0.29, 0.717) is 18.3 Å². The van der Waals surface area contributed by atoms with Gasteiger partial charge in [-0.2, -0.15) is 0 Å². The van der Waals surface area contributed by atoms with Crippen LogP contribution in [0.25, 0.3) is 0 Å². The molecule has 2 aliphatic heterocycles. The molecule has 0 saturated carbocycles. The van der Waals surface area contributed by atoms with Gasteiger partial charge in [-0.05, 0) is 42.8 Å². The summed E-state index contributed by atoms with van der Waals surface area (Å²) in [5.74, 6) is 1.78. The van der Waals surface area contributed by atoms with Gasteiger partial charge in [-0.15, -0.1) is 10.2 Å². The molecule has 1 N–H and O–H groups in total. The van der Waals surface area contributed by atoms with E-state index in [0.717, 1.165) is 51.3 Å². The van der Waals surface area contributed by atoms with Crippen molar-refractivity contribution in [3.8, 4) is 0 Å². The van der Waals surface area contributed by atoms with E-state index < -0.39 is 0 Å². The molecule has 1 fully saturated rings. The molecule has 1 aromatic heterocycles. The molecule has 1 amide bonds. The second-order valence-corrected chi connectivity index (χ2v) is 8.57. The van der Waals surface area contributed by atoms with E-state index in [1.165, 1.54) is 5.56 Å². The maximum Gasteiger partial charge on any atom is 0.289 e. The van der Waals surface area contributed by atoms with Crippen molar-refractivity contribution in [1.29, 1.82) is 0 Å². The summed E-state index contributed by atoms with van der Waals surface area (Å²) in [7, 11) is 0. The second-order valence-electron chi connectivity index (χ2n) is 8.57. The zero-order valence-electron chi connectivity index (χ0n) is 16.3. The second kappa shape index (κ2) is 7.43. The van der Waals surface area contributed by atoms with Crippen molar-refractivity contribution < 1.29 is 4.79 Å². The summed E-state index contributed by atoms with van der Waals surface area (Å²) in [5.41, 5.74) is 1.62. The van der Waals surface area contributed by atoms with Crippen molar-refractivity contribution in [2.45, 2.75) is 46.2 Å². The normalized spacial score (nSPS) is 18.8. The number of hydrogen-bond donors (Lipinski definition) is 1. The number of amides is 1. The molecule has 144 valence electrons. The first-order valence-corrected chi connectivity index (χ1v) is 10.0. The molecule has 1 saturated heterocycles. The van der Waals surface area contributed by atoms with Gasteiger partial charge in [0.15, 0.2) is 0 Å². The lowest BCUT2D eigenvalue weighted by Gasteiger charge is -2.39. The summed E-state index contributed by atoms with van der Waals surface area (Å²) in [5, 5.41) is 11.4. The summed E-state index contributed by atoms with van der Waals surface area (Å²) in [6, 6.07) is 10.7. The fraction of sp³-hybridized carbons (Fsp3) is 0.571. The first-order chi connectivity index (χ1) is 13.0. The van der Waals surface area contributed by atoms with E-state index >= 15 is 0 Å². The van der Waals surface area contributed by atoms with Crippen LogP contribution in [0.3, 0.4) is 0 Å². The van der Waals surface area contributed by atoms with Gasteiger partial charge in [-0.25, -0.2) is 0 Å². The van der Waals surface area contributed by atoms with Crippen molar-refractivity contribution in [3.05, 3.63) is 47.5 Å². The number of hydrogen-bond acceptors (Lipinski definition) is 4. The number of benzene rings is 1. The van der Waals surface area contributed by atoms with Crippen LogP contribution in [-0.4, -0.2) is 45.2 Å². The van der Waals surface area contributed by atoms with Gasteiger partial charge in [0, 0.05) is 26.1 Å². The summed E-state index contributed by atoms with van der Waals surface area (Å²) >= 11 is 0. The number of piperidine rings is 1. The van der Waals surface area contributed by atoms with Crippen molar-refractivity contribution in [3.63, 3.8) is 0 Å². The minimum Gasteiger partial charge on any atom is -0.349 e. The minimum absolute atomic E-state index is 0.0963. The quantitative estimate of drug-likeness (QED) is 0.882. The predicted octanol–water partition coefficient (Wildman–Crippen LogP) is 2.50. The molecule has 4 rings (SSSR count). The third-order valence-electron chi connectivity index (χ3n) is 5.89. The first kappa shape index (κ1) is 18.2. The standard InChI is InChI=1S/C21H29N5O/c1-16(2)13-22-20(27)19-24-23-18-12-21(15-26(18)19)8-10-25(11-9-21)14-17-6-4-3-5-7-17/h3-7,16H,8-15H2,1-2H3,(H,22,27). The number of nitrogens with zero attached hydrogens (tertiary/aromatic N) is 4. The number of rotatable bonds is 5.